The fraction of sp³-hybridized carbons (Fsp3) is 0.556. The lowest BCUT2D eigenvalue weighted by atomic mass is 10.1. The SMILES string of the molecule is Cc1noc(C2CN(S(=O)(=O)c3ccccc3)CCCN2CC(C)C)n1. The molecule has 2 heterocycles. The van der Waals surface area contributed by atoms with Crippen molar-refractivity contribution in [2.45, 2.75) is 38.1 Å². The largest absolute Gasteiger partial charge is 0.338 e. The van der Waals surface area contributed by atoms with Crippen molar-refractivity contribution in [2.24, 2.45) is 5.92 Å². The van der Waals surface area contributed by atoms with Crippen LogP contribution in [0.25, 0.3) is 0 Å². The Morgan fingerprint density at radius 1 is 1.23 bits per heavy atom. The van der Waals surface area contributed by atoms with Crippen LogP contribution < -0.4 is 0 Å². The van der Waals surface area contributed by atoms with Gasteiger partial charge in [-0.3, -0.25) is 4.90 Å². The van der Waals surface area contributed by atoms with Gasteiger partial charge in [0.25, 0.3) is 0 Å². The molecule has 7 nitrogen and oxygen atoms in total. The van der Waals surface area contributed by atoms with Crippen molar-refractivity contribution in [3.8, 4) is 0 Å². The number of aromatic nitrogens is 2. The van der Waals surface area contributed by atoms with Crippen LogP contribution in [0.5, 0.6) is 0 Å². The lowest BCUT2D eigenvalue weighted by molar-refractivity contribution is 0.146. The molecule has 1 saturated heterocycles. The number of aryl methyl sites for hydroxylation is 1. The first-order chi connectivity index (χ1) is 12.4. The van der Waals surface area contributed by atoms with E-state index in [-0.39, 0.29) is 6.04 Å². The average Bonchev–Trinajstić information content (AvgIpc) is 2.92. The van der Waals surface area contributed by atoms with Crippen LogP contribution in [0.15, 0.2) is 39.8 Å². The van der Waals surface area contributed by atoms with Crippen molar-refractivity contribution in [3.05, 3.63) is 42.0 Å². The molecule has 8 heteroatoms. The van der Waals surface area contributed by atoms with Crippen LogP contribution in [0, 0.1) is 12.8 Å². The molecule has 0 N–H and O–H groups in total. The molecule has 0 radical (unpaired) electrons. The van der Waals surface area contributed by atoms with Crippen LogP contribution in [0.2, 0.25) is 0 Å². The molecule has 1 aromatic heterocycles. The summed E-state index contributed by atoms with van der Waals surface area (Å²) in [5.74, 6) is 1.50. The van der Waals surface area contributed by atoms with Crippen LogP contribution in [-0.4, -0.2) is 53.9 Å². The third-order valence-electron chi connectivity index (χ3n) is 4.48. The topological polar surface area (TPSA) is 79.5 Å². The second kappa shape index (κ2) is 7.85. The predicted molar refractivity (Wildman–Crippen MR) is 98.0 cm³/mol. The molecular formula is C18H26N4O3S. The Morgan fingerprint density at radius 2 is 1.96 bits per heavy atom. The summed E-state index contributed by atoms with van der Waals surface area (Å²) in [6, 6.07) is 8.34. The van der Waals surface area contributed by atoms with Gasteiger partial charge in [-0.15, -0.1) is 0 Å². The maximum absolute atomic E-state index is 13.1. The van der Waals surface area contributed by atoms with Crippen molar-refractivity contribution in [1.29, 1.82) is 0 Å². The van der Waals surface area contributed by atoms with E-state index >= 15 is 0 Å². The molecule has 2 aromatic rings. The maximum Gasteiger partial charge on any atom is 0.245 e. The lowest BCUT2D eigenvalue weighted by Gasteiger charge is -2.30. The Hall–Kier alpha value is -1.77. The second-order valence-electron chi connectivity index (χ2n) is 7.11. The third kappa shape index (κ3) is 4.13. The van der Waals surface area contributed by atoms with Gasteiger partial charge in [0.15, 0.2) is 5.82 Å². The molecule has 0 amide bonds. The molecule has 1 aliphatic heterocycles. The minimum Gasteiger partial charge on any atom is -0.338 e. The van der Waals surface area contributed by atoms with E-state index in [4.69, 9.17) is 4.52 Å². The van der Waals surface area contributed by atoms with Crippen LogP contribution in [-0.2, 0) is 10.0 Å². The van der Waals surface area contributed by atoms with Gasteiger partial charge in [-0.2, -0.15) is 9.29 Å². The van der Waals surface area contributed by atoms with Crippen LogP contribution in [0.4, 0.5) is 0 Å². The Morgan fingerprint density at radius 3 is 2.58 bits per heavy atom. The second-order valence-corrected chi connectivity index (χ2v) is 9.05. The number of rotatable bonds is 5. The van der Waals surface area contributed by atoms with Crippen molar-refractivity contribution >= 4 is 10.0 Å². The average molecular weight is 378 g/mol. The number of sulfonamides is 1. The summed E-state index contributed by atoms with van der Waals surface area (Å²) in [5.41, 5.74) is 0. The quantitative estimate of drug-likeness (QED) is 0.795. The summed E-state index contributed by atoms with van der Waals surface area (Å²) in [6.45, 7) is 8.52. The van der Waals surface area contributed by atoms with Gasteiger partial charge in [-0.1, -0.05) is 37.2 Å². The van der Waals surface area contributed by atoms with Gasteiger partial charge in [0.2, 0.25) is 15.9 Å². The van der Waals surface area contributed by atoms with Gasteiger partial charge >= 0.3 is 0 Å². The molecule has 3 rings (SSSR count). The summed E-state index contributed by atoms with van der Waals surface area (Å²) in [5, 5.41) is 3.90. The minimum atomic E-state index is -3.55. The van der Waals surface area contributed by atoms with E-state index in [9.17, 15) is 8.42 Å². The van der Waals surface area contributed by atoms with Crippen LogP contribution >= 0.6 is 0 Å². The van der Waals surface area contributed by atoms with Gasteiger partial charge in [0.05, 0.1) is 4.90 Å². The highest BCUT2D eigenvalue weighted by atomic mass is 32.2. The van der Waals surface area contributed by atoms with Crippen molar-refractivity contribution in [2.75, 3.05) is 26.2 Å². The Bertz CT molecular complexity index is 820. The zero-order valence-corrected chi connectivity index (χ0v) is 16.3. The van der Waals surface area contributed by atoms with E-state index in [1.807, 2.05) is 6.07 Å². The fourth-order valence-electron chi connectivity index (χ4n) is 3.34. The van der Waals surface area contributed by atoms with E-state index < -0.39 is 10.0 Å². The number of benzene rings is 1. The van der Waals surface area contributed by atoms with E-state index in [2.05, 4.69) is 28.9 Å². The molecule has 0 spiro atoms. The molecule has 1 aliphatic rings. The molecule has 0 bridgehead atoms. The van der Waals surface area contributed by atoms with Gasteiger partial charge < -0.3 is 4.52 Å². The Kier molecular flexibility index (Phi) is 5.74. The summed E-state index contributed by atoms with van der Waals surface area (Å²) < 4.78 is 33.1. The summed E-state index contributed by atoms with van der Waals surface area (Å²) >= 11 is 0. The first-order valence-corrected chi connectivity index (χ1v) is 10.4. The molecular weight excluding hydrogens is 352 g/mol. The van der Waals surface area contributed by atoms with E-state index in [0.717, 1.165) is 19.5 Å². The summed E-state index contributed by atoms with van der Waals surface area (Å²) in [7, 11) is -3.55. The lowest BCUT2D eigenvalue weighted by Crippen LogP contribution is -2.39. The van der Waals surface area contributed by atoms with Gasteiger partial charge in [0.1, 0.15) is 6.04 Å². The standard InChI is InChI=1S/C18H26N4O3S/c1-14(2)12-21-10-7-11-22(13-17(21)18-19-15(3)20-25-18)26(23,24)16-8-5-4-6-9-16/h4-6,8-9,14,17H,7,10-13H2,1-3H3. The number of hydrogen-bond donors (Lipinski definition) is 0. The molecule has 0 saturated carbocycles. The molecule has 142 valence electrons. The molecule has 1 aromatic carbocycles. The highest BCUT2D eigenvalue weighted by Crippen LogP contribution is 2.28. The molecule has 26 heavy (non-hydrogen) atoms. The first-order valence-electron chi connectivity index (χ1n) is 8.97. The van der Waals surface area contributed by atoms with Crippen molar-refractivity contribution < 1.29 is 12.9 Å². The van der Waals surface area contributed by atoms with Crippen LogP contribution in [0.3, 0.4) is 0 Å². The Balaban J connectivity index is 1.92. The van der Waals surface area contributed by atoms with Gasteiger partial charge in [-0.25, -0.2) is 8.42 Å². The van der Waals surface area contributed by atoms with Gasteiger partial charge in [0, 0.05) is 26.2 Å². The van der Waals surface area contributed by atoms with Gasteiger partial charge in [-0.05, 0) is 31.4 Å². The first kappa shape index (κ1) is 19.0. The zero-order valence-electron chi connectivity index (χ0n) is 15.5. The molecule has 1 unspecified atom stereocenters. The molecule has 0 aliphatic carbocycles. The van der Waals surface area contributed by atoms with E-state index in [0.29, 0.717) is 35.6 Å². The smallest absolute Gasteiger partial charge is 0.245 e. The number of nitrogens with zero attached hydrogens (tertiary/aromatic N) is 4. The minimum absolute atomic E-state index is 0.236. The summed E-state index contributed by atoms with van der Waals surface area (Å²) in [4.78, 5) is 6.96. The molecule has 1 fully saturated rings. The maximum atomic E-state index is 13.1. The Labute approximate surface area is 155 Å². The van der Waals surface area contributed by atoms with E-state index in [1.165, 1.54) is 0 Å². The third-order valence-corrected chi connectivity index (χ3v) is 6.36. The predicted octanol–water partition coefficient (Wildman–Crippen LogP) is 2.47. The van der Waals surface area contributed by atoms with Crippen molar-refractivity contribution in [1.82, 2.24) is 19.3 Å². The highest BCUT2D eigenvalue weighted by Gasteiger charge is 2.35. The zero-order chi connectivity index (χ0) is 18.7. The molecule has 1 atom stereocenters. The van der Waals surface area contributed by atoms with Crippen LogP contribution in [0.1, 0.15) is 38.0 Å². The highest BCUT2D eigenvalue weighted by molar-refractivity contribution is 7.89. The summed E-state index contributed by atoms with van der Waals surface area (Å²) in [6.07, 6.45) is 0.766. The van der Waals surface area contributed by atoms with E-state index in [1.54, 1.807) is 35.5 Å². The van der Waals surface area contributed by atoms with Crippen molar-refractivity contribution in [3.63, 3.8) is 0 Å². The number of hydrogen-bond acceptors (Lipinski definition) is 6. The fourth-order valence-corrected chi connectivity index (χ4v) is 4.84. The normalized spacial score (nSPS) is 20.4. The monoisotopic (exact) mass is 378 g/mol.